The summed E-state index contributed by atoms with van der Waals surface area (Å²) in [5, 5.41) is 9.95. The first-order chi connectivity index (χ1) is 13.3. The Bertz CT molecular complexity index is 956. The molecule has 1 fully saturated rings. The molecule has 1 unspecified atom stereocenters. The van der Waals surface area contributed by atoms with E-state index in [0.29, 0.717) is 5.56 Å². The number of carbonyl (C=O) groups excluding carboxylic acids is 2. The maximum atomic E-state index is 12.9. The average molecular weight is 403 g/mol. The number of β-amino-alcohol motifs (C(OH)–C–C–N with tert-alkyl or cyclic N) is 1. The Balaban J connectivity index is 1.73. The van der Waals surface area contributed by atoms with Crippen molar-refractivity contribution in [2.45, 2.75) is 30.4 Å². The van der Waals surface area contributed by atoms with E-state index in [0.717, 1.165) is 9.87 Å². The normalized spacial score (nSPS) is 20.1. The van der Waals surface area contributed by atoms with Gasteiger partial charge in [-0.05, 0) is 19.1 Å². The minimum Gasteiger partial charge on any atom is -0.456 e. The number of sulfonamides is 1. The van der Waals surface area contributed by atoms with Gasteiger partial charge in [-0.1, -0.05) is 48.0 Å². The van der Waals surface area contributed by atoms with Gasteiger partial charge in [-0.15, -0.1) is 0 Å². The Morgan fingerprint density at radius 2 is 1.75 bits per heavy atom. The average Bonchev–Trinajstić information content (AvgIpc) is 3.09. The minimum atomic E-state index is -3.99. The molecule has 0 aliphatic carbocycles. The lowest BCUT2D eigenvalue weighted by molar-refractivity contribution is -0.146. The van der Waals surface area contributed by atoms with E-state index >= 15 is 0 Å². The molecule has 2 atom stereocenters. The Labute approximate surface area is 163 Å². The minimum absolute atomic E-state index is 0.0327. The summed E-state index contributed by atoms with van der Waals surface area (Å²) in [7, 11) is -3.99. The van der Waals surface area contributed by atoms with E-state index < -0.39 is 34.7 Å². The molecule has 0 spiro atoms. The lowest BCUT2D eigenvalue weighted by Gasteiger charge is -2.22. The smallest absolute Gasteiger partial charge is 0.325 e. The number of carbonyl (C=O) groups is 2. The molecule has 1 aliphatic rings. The summed E-state index contributed by atoms with van der Waals surface area (Å²) in [4.78, 5) is 24.6. The number of aliphatic hydroxyl groups is 1. The highest BCUT2D eigenvalue weighted by atomic mass is 32.2. The van der Waals surface area contributed by atoms with Crippen LogP contribution in [-0.2, 0) is 19.6 Å². The molecule has 1 heterocycles. The molecule has 0 amide bonds. The molecule has 1 N–H and O–H groups in total. The molecule has 2 aromatic carbocycles. The fraction of sp³-hybridized carbons (Fsp3) is 0.300. The lowest BCUT2D eigenvalue weighted by Crippen LogP contribution is -2.41. The lowest BCUT2D eigenvalue weighted by atomic mass is 10.1. The van der Waals surface area contributed by atoms with Crippen molar-refractivity contribution in [2.24, 2.45) is 0 Å². The van der Waals surface area contributed by atoms with E-state index in [1.54, 1.807) is 42.5 Å². The van der Waals surface area contributed by atoms with Gasteiger partial charge in [0.05, 0.1) is 11.0 Å². The Hall–Kier alpha value is -2.55. The third-order valence-corrected chi connectivity index (χ3v) is 6.46. The van der Waals surface area contributed by atoms with Crippen LogP contribution in [0.1, 0.15) is 22.3 Å². The number of aryl methyl sites for hydroxylation is 1. The SMILES string of the molecule is Cc1ccc(S(=O)(=O)N2CC(O)C[C@H]2C(=O)OCC(=O)c2ccccc2)cc1. The molecule has 28 heavy (non-hydrogen) atoms. The van der Waals surface area contributed by atoms with E-state index in [-0.39, 0.29) is 23.6 Å². The highest BCUT2D eigenvalue weighted by molar-refractivity contribution is 7.89. The number of aliphatic hydroxyl groups excluding tert-OH is 1. The molecule has 0 bridgehead atoms. The first kappa shape index (κ1) is 20.2. The number of hydrogen-bond donors (Lipinski definition) is 1. The third kappa shape index (κ3) is 4.30. The summed E-state index contributed by atoms with van der Waals surface area (Å²) in [5.74, 6) is -1.24. The second kappa shape index (κ2) is 8.22. The summed E-state index contributed by atoms with van der Waals surface area (Å²) in [6.45, 7) is 1.14. The van der Waals surface area contributed by atoms with Crippen LogP contribution in [0.15, 0.2) is 59.5 Å². The molecule has 1 aliphatic heterocycles. The van der Waals surface area contributed by atoms with Crippen LogP contribution in [0, 0.1) is 6.92 Å². The number of hydrogen-bond acceptors (Lipinski definition) is 6. The number of esters is 1. The zero-order valence-corrected chi connectivity index (χ0v) is 16.1. The van der Waals surface area contributed by atoms with Gasteiger partial charge in [-0.2, -0.15) is 4.31 Å². The second-order valence-electron chi connectivity index (χ2n) is 6.69. The highest BCUT2D eigenvalue weighted by Crippen LogP contribution is 2.27. The summed E-state index contributed by atoms with van der Waals surface area (Å²) < 4.78 is 31.8. The van der Waals surface area contributed by atoms with Crippen molar-refractivity contribution >= 4 is 21.8 Å². The number of ether oxygens (including phenoxy) is 1. The molecular formula is C20H21NO6S. The first-order valence-electron chi connectivity index (χ1n) is 8.80. The third-order valence-electron chi connectivity index (χ3n) is 4.57. The van der Waals surface area contributed by atoms with Gasteiger partial charge < -0.3 is 9.84 Å². The monoisotopic (exact) mass is 403 g/mol. The van der Waals surface area contributed by atoms with Gasteiger partial charge in [0, 0.05) is 18.5 Å². The van der Waals surface area contributed by atoms with E-state index in [1.165, 1.54) is 12.1 Å². The maximum absolute atomic E-state index is 12.9. The molecule has 0 radical (unpaired) electrons. The second-order valence-corrected chi connectivity index (χ2v) is 8.58. The standard InChI is InChI=1S/C20H21NO6S/c1-14-7-9-17(10-8-14)28(25,26)21-12-16(22)11-18(21)20(24)27-13-19(23)15-5-3-2-4-6-15/h2-10,16,18,22H,11-13H2,1H3/t16?,18-/m0/s1. The van der Waals surface area contributed by atoms with Gasteiger partial charge in [0.25, 0.3) is 0 Å². The number of nitrogens with zero attached hydrogens (tertiary/aromatic N) is 1. The number of Topliss-reactive ketones (excluding diaryl/α,β-unsaturated/α-hetero) is 1. The first-order valence-corrected chi connectivity index (χ1v) is 10.2. The highest BCUT2D eigenvalue weighted by Gasteiger charge is 2.44. The predicted molar refractivity (Wildman–Crippen MR) is 101 cm³/mol. The summed E-state index contributed by atoms with van der Waals surface area (Å²) >= 11 is 0. The summed E-state index contributed by atoms with van der Waals surface area (Å²) in [6, 6.07) is 13.4. The predicted octanol–water partition coefficient (Wildman–Crippen LogP) is 1.55. The Kier molecular flexibility index (Phi) is 5.93. The zero-order valence-electron chi connectivity index (χ0n) is 15.3. The van der Waals surface area contributed by atoms with Crippen molar-refractivity contribution < 1.29 is 27.9 Å². The Morgan fingerprint density at radius 1 is 1.11 bits per heavy atom. The van der Waals surface area contributed by atoms with Crippen molar-refractivity contribution in [3.8, 4) is 0 Å². The van der Waals surface area contributed by atoms with Gasteiger partial charge in [0.2, 0.25) is 10.0 Å². The topological polar surface area (TPSA) is 101 Å². The van der Waals surface area contributed by atoms with Crippen molar-refractivity contribution in [1.29, 1.82) is 0 Å². The van der Waals surface area contributed by atoms with Crippen LogP contribution in [-0.4, -0.2) is 54.9 Å². The van der Waals surface area contributed by atoms with Crippen molar-refractivity contribution in [1.82, 2.24) is 4.31 Å². The van der Waals surface area contributed by atoms with Crippen LogP contribution < -0.4 is 0 Å². The number of ketones is 1. The van der Waals surface area contributed by atoms with E-state index in [2.05, 4.69) is 0 Å². The maximum Gasteiger partial charge on any atom is 0.325 e. The van der Waals surface area contributed by atoms with Gasteiger partial charge in [0.15, 0.2) is 12.4 Å². The Morgan fingerprint density at radius 3 is 2.39 bits per heavy atom. The zero-order chi connectivity index (χ0) is 20.3. The van der Waals surface area contributed by atoms with Gasteiger partial charge in [-0.3, -0.25) is 9.59 Å². The summed E-state index contributed by atoms with van der Waals surface area (Å²) in [5.41, 5.74) is 1.29. The molecule has 2 aromatic rings. The van der Waals surface area contributed by atoms with Crippen LogP contribution in [0.25, 0.3) is 0 Å². The molecule has 0 aromatic heterocycles. The van der Waals surface area contributed by atoms with Gasteiger partial charge in [-0.25, -0.2) is 8.42 Å². The fourth-order valence-corrected chi connectivity index (χ4v) is 4.68. The van der Waals surface area contributed by atoms with Crippen LogP contribution in [0.2, 0.25) is 0 Å². The molecule has 148 valence electrons. The molecule has 3 rings (SSSR count). The molecule has 1 saturated heterocycles. The van der Waals surface area contributed by atoms with E-state index in [9.17, 15) is 23.1 Å². The van der Waals surface area contributed by atoms with Crippen LogP contribution in [0.5, 0.6) is 0 Å². The van der Waals surface area contributed by atoms with Crippen LogP contribution >= 0.6 is 0 Å². The molecular weight excluding hydrogens is 382 g/mol. The van der Waals surface area contributed by atoms with Crippen LogP contribution in [0.3, 0.4) is 0 Å². The van der Waals surface area contributed by atoms with E-state index in [4.69, 9.17) is 4.74 Å². The van der Waals surface area contributed by atoms with Crippen molar-refractivity contribution in [2.75, 3.05) is 13.2 Å². The summed E-state index contributed by atoms with van der Waals surface area (Å²) in [6.07, 6.45) is -1.06. The van der Waals surface area contributed by atoms with Gasteiger partial charge >= 0.3 is 5.97 Å². The van der Waals surface area contributed by atoms with Crippen molar-refractivity contribution in [3.05, 3.63) is 65.7 Å². The van der Waals surface area contributed by atoms with Crippen molar-refractivity contribution in [3.63, 3.8) is 0 Å². The van der Waals surface area contributed by atoms with E-state index in [1.807, 2.05) is 6.92 Å². The van der Waals surface area contributed by atoms with Crippen LogP contribution in [0.4, 0.5) is 0 Å². The number of benzene rings is 2. The quantitative estimate of drug-likeness (QED) is 0.580. The number of rotatable bonds is 6. The molecule has 8 heteroatoms. The fourth-order valence-electron chi connectivity index (χ4n) is 3.05. The largest absolute Gasteiger partial charge is 0.456 e. The van der Waals surface area contributed by atoms with Gasteiger partial charge in [0.1, 0.15) is 6.04 Å². The molecule has 7 nitrogen and oxygen atoms in total. The molecule has 0 saturated carbocycles.